The van der Waals surface area contributed by atoms with Gasteiger partial charge in [-0.2, -0.15) is 0 Å². The fraction of sp³-hybridized carbons (Fsp3) is 0.619. The Bertz CT molecular complexity index is 827. The zero-order valence-corrected chi connectivity index (χ0v) is 17.1. The van der Waals surface area contributed by atoms with Crippen LogP contribution in [0.5, 0.6) is 0 Å². The second-order valence-corrected chi connectivity index (χ2v) is 8.84. The van der Waals surface area contributed by atoms with Gasteiger partial charge in [0.25, 0.3) is 0 Å². The smallest absolute Gasteiger partial charge is 0.317 e. The number of nitrogens with one attached hydrogen (secondary N) is 1. The fourth-order valence-corrected chi connectivity index (χ4v) is 3.80. The molecule has 2 amide bonds. The number of aromatic nitrogens is 2. The first-order valence-corrected chi connectivity index (χ1v) is 10.3. The van der Waals surface area contributed by atoms with Crippen LogP contribution < -0.4 is 10.2 Å². The van der Waals surface area contributed by atoms with Gasteiger partial charge in [0, 0.05) is 63.2 Å². The van der Waals surface area contributed by atoms with Crippen molar-refractivity contribution in [2.24, 2.45) is 0 Å². The number of ether oxygens (including phenoxy) is 1. The van der Waals surface area contributed by atoms with Crippen LogP contribution in [-0.2, 0) is 10.2 Å². The number of piperazine rings is 1. The van der Waals surface area contributed by atoms with Crippen LogP contribution in [0, 0.1) is 0 Å². The van der Waals surface area contributed by atoms with Gasteiger partial charge < -0.3 is 24.3 Å². The summed E-state index contributed by atoms with van der Waals surface area (Å²) in [5.74, 6) is 0. The van der Waals surface area contributed by atoms with E-state index in [0.29, 0.717) is 0 Å². The normalized spacial score (nSPS) is 19.2. The molecule has 28 heavy (non-hydrogen) atoms. The van der Waals surface area contributed by atoms with Crippen molar-refractivity contribution in [2.75, 3.05) is 44.3 Å². The van der Waals surface area contributed by atoms with Crippen molar-refractivity contribution in [3.05, 3.63) is 30.2 Å². The maximum Gasteiger partial charge on any atom is 0.317 e. The maximum atomic E-state index is 12.5. The summed E-state index contributed by atoms with van der Waals surface area (Å²) in [5, 5.41) is 3.16. The molecule has 2 aliphatic rings. The molecule has 2 aromatic heterocycles. The van der Waals surface area contributed by atoms with Crippen molar-refractivity contribution in [2.45, 2.75) is 45.1 Å². The number of hydrogen-bond acceptors (Lipinski definition) is 4. The van der Waals surface area contributed by atoms with Crippen LogP contribution in [0.15, 0.2) is 24.5 Å². The standard InChI is InChI=1S/C21H31N5O2/c1-21(2,3)18-15-26-14-17(4-5-19(26)23-18)24-8-10-25(11-9-24)20(27)22-16-6-12-28-13-7-16/h4-5,14-16H,6-13H2,1-3H3,(H,22,27). The summed E-state index contributed by atoms with van der Waals surface area (Å²) >= 11 is 0. The van der Waals surface area contributed by atoms with Gasteiger partial charge in [0.05, 0.1) is 11.4 Å². The molecule has 2 saturated heterocycles. The number of nitrogens with zero attached hydrogens (tertiary/aromatic N) is 4. The van der Waals surface area contributed by atoms with Gasteiger partial charge in [-0.05, 0) is 25.0 Å². The average molecular weight is 386 g/mol. The Labute approximate surface area is 166 Å². The van der Waals surface area contributed by atoms with E-state index in [0.717, 1.165) is 63.6 Å². The number of urea groups is 1. The second-order valence-electron chi connectivity index (χ2n) is 8.84. The van der Waals surface area contributed by atoms with Gasteiger partial charge >= 0.3 is 6.03 Å². The molecule has 4 heterocycles. The minimum absolute atomic E-state index is 0.0373. The highest BCUT2D eigenvalue weighted by molar-refractivity contribution is 5.75. The van der Waals surface area contributed by atoms with E-state index in [9.17, 15) is 4.79 Å². The number of amides is 2. The molecule has 0 radical (unpaired) electrons. The van der Waals surface area contributed by atoms with Gasteiger partial charge in [-0.1, -0.05) is 20.8 Å². The Hall–Kier alpha value is -2.28. The lowest BCUT2D eigenvalue weighted by molar-refractivity contribution is 0.0779. The molecule has 7 nitrogen and oxygen atoms in total. The van der Waals surface area contributed by atoms with E-state index >= 15 is 0 Å². The Kier molecular flexibility index (Phi) is 5.19. The molecule has 0 saturated carbocycles. The first-order chi connectivity index (χ1) is 13.4. The summed E-state index contributed by atoms with van der Waals surface area (Å²) in [6, 6.07) is 4.52. The molecular formula is C21H31N5O2. The Morgan fingerprint density at radius 1 is 1.11 bits per heavy atom. The molecule has 0 bridgehead atoms. The van der Waals surface area contributed by atoms with Crippen LogP contribution in [-0.4, -0.2) is 65.8 Å². The molecule has 1 N–H and O–H groups in total. The number of pyridine rings is 1. The zero-order valence-electron chi connectivity index (χ0n) is 17.1. The number of imidazole rings is 1. The SMILES string of the molecule is CC(C)(C)c1cn2cc(N3CCN(C(=O)NC4CCOCC4)CC3)ccc2n1. The molecule has 7 heteroatoms. The number of anilines is 1. The Morgan fingerprint density at radius 3 is 2.50 bits per heavy atom. The van der Waals surface area contributed by atoms with Gasteiger partial charge in [0.15, 0.2) is 0 Å². The number of carbonyl (C=O) groups excluding carboxylic acids is 1. The molecule has 0 aromatic carbocycles. The molecule has 0 unspecified atom stereocenters. The van der Waals surface area contributed by atoms with Crippen LogP contribution in [0.2, 0.25) is 0 Å². The van der Waals surface area contributed by atoms with E-state index in [1.165, 1.54) is 5.69 Å². The molecule has 2 aromatic rings. The Morgan fingerprint density at radius 2 is 1.82 bits per heavy atom. The van der Waals surface area contributed by atoms with Crippen LogP contribution in [0.4, 0.5) is 10.5 Å². The van der Waals surface area contributed by atoms with E-state index < -0.39 is 0 Å². The predicted molar refractivity (Wildman–Crippen MR) is 110 cm³/mol. The highest BCUT2D eigenvalue weighted by atomic mass is 16.5. The quantitative estimate of drug-likeness (QED) is 0.863. The van der Waals surface area contributed by atoms with Crippen molar-refractivity contribution in [1.82, 2.24) is 19.6 Å². The molecule has 0 spiro atoms. The van der Waals surface area contributed by atoms with Gasteiger partial charge in [-0.15, -0.1) is 0 Å². The highest BCUT2D eigenvalue weighted by Gasteiger charge is 2.24. The van der Waals surface area contributed by atoms with Crippen molar-refractivity contribution < 1.29 is 9.53 Å². The Balaban J connectivity index is 1.37. The summed E-state index contributed by atoms with van der Waals surface area (Å²) in [6.07, 6.45) is 6.09. The second kappa shape index (κ2) is 7.62. The third-order valence-electron chi connectivity index (χ3n) is 5.68. The third-order valence-corrected chi connectivity index (χ3v) is 5.68. The van der Waals surface area contributed by atoms with Crippen molar-refractivity contribution in [3.8, 4) is 0 Å². The van der Waals surface area contributed by atoms with Gasteiger partial charge in [0.1, 0.15) is 5.65 Å². The van der Waals surface area contributed by atoms with Crippen LogP contribution in [0.1, 0.15) is 39.3 Å². The topological polar surface area (TPSA) is 62.1 Å². The van der Waals surface area contributed by atoms with E-state index in [2.05, 4.69) is 59.9 Å². The van der Waals surface area contributed by atoms with Gasteiger partial charge in [-0.3, -0.25) is 0 Å². The number of carbonyl (C=O) groups is 1. The van der Waals surface area contributed by atoms with E-state index in [1.54, 1.807) is 0 Å². The summed E-state index contributed by atoms with van der Waals surface area (Å²) in [5.41, 5.74) is 3.28. The summed E-state index contributed by atoms with van der Waals surface area (Å²) in [4.78, 5) is 21.5. The molecule has 0 aliphatic carbocycles. The van der Waals surface area contributed by atoms with E-state index in [1.807, 2.05) is 4.90 Å². The molecule has 152 valence electrons. The van der Waals surface area contributed by atoms with Gasteiger partial charge in [0.2, 0.25) is 0 Å². The molecule has 2 aliphatic heterocycles. The van der Waals surface area contributed by atoms with Crippen LogP contribution >= 0.6 is 0 Å². The lowest BCUT2D eigenvalue weighted by Gasteiger charge is -2.37. The number of hydrogen-bond donors (Lipinski definition) is 1. The van der Waals surface area contributed by atoms with E-state index in [4.69, 9.17) is 9.72 Å². The van der Waals surface area contributed by atoms with Crippen molar-refractivity contribution in [3.63, 3.8) is 0 Å². The van der Waals surface area contributed by atoms with Crippen LogP contribution in [0.25, 0.3) is 5.65 Å². The number of rotatable bonds is 2. The minimum Gasteiger partial charge on any atom is -0.381 e. The zero-order chi connectivity index (χ0) is 19.7. The highest BCUT2D eigenvalue weighted by Crippen LogP contribution is 2.24. The van der Waals surface area contributed by atoms with E-state index in [-0.39, 0.29) is 17.5 Å². The lowest BCUT2D eigenvalue weighted by Crippen LogP contribution is -2.54. The van der Waals surface area contributed by atoms with Crippen LogP contribution in [0.3, 0.4) is 0 Å². The summed E-state index contributed by atoms with van der Waals surface area (Å²) in [6.45, 7) is 11.2. The third kappa shape index (κ3) is 4.09. The molecular weight excluding hydrogens is 354 g/mol. The first-order valence-electron chi connectivity index (χ1n) is 10.3. The lowest BCUT2D eigenvalue weighted by atomic mass is 9.93. The maximum absolute atomic E-state index is 12.5. The average Bonchev–Trinajstić information content (AvgIpc) is 3.13. The first kappa shape index (κ1) is 19.1. The molecule has 0 atom stereocenters. The predicted octanol–water partition coefficient (Wildman–Crippen LogP) is 2.64. The van der Waals surface area contributed by atoms with Gasteiger partial charge in [-0.25, -0.2) is 9.78 Å². The monoisotopic (exact) mass is 385 g/mol. The number of fused-ring (bicyclic) bond motifs is 1. The summed E-state index contributed by atoms with van der Waals surface area (Å²) in [7, 11) is 0. The van der Waals surface area contributed by atoms with Crippen molar-refractivity contribution >= 4 is 17.4 Å². The molecule has 2 fully saturated rings. The largest absolute Gasteiger partial charge is 0.381 e. The van der Waals surface area contributed by atoms with Crippen molar-refractivity contribution in [1.29, 1.82) is 0 Å². The fourth-order valence-electron chi connectivity index (χ4n) is 3.80. The minimum atomic E-state index is 0.0373. The summed E-state index contributed by atoms with van der Waals surface area (Å²) < 4.78 is 7.47. The molecule has 4 rings (SSSR count).